The molecule has 2 saturated heterocycles. The fraction of sp³-hybridized carbons (Fsp3) is 0.562. The summed E-state index contributed by atoms with van der Waals surface area (Å²) in [4.78, 5) is 5.03. The Morgan fingerprint density at radius 2 is 1.90 bits per heavy atom. The van der Waals surface area contributed by atoms with E-state index < -0.39 is 0 Å². The SMILES string of the molecule is N#Cc1ccc(OCCN2CC(N3CCNCC3)C2)cc1. The lowest BCUT2D eigenvalue weighted by Gasteiger charge is -2.46. The van der Waals surface area contributed by atoms with Gasteiger partial charge in [0.25, 0.3) is 0 Å². The van der Waals surface area contributed by atoms with Crippen molar-refractivity contribution in [1.82, 2.24) is 15.1 Å². The molecule has 0 bridgehead atoms. The first-order valence-corrected chi connectivity index (χ1v) is 7.65. The third kappa shape index (κ3) is 3.73. The number of piperazine rings is 1. The quantitative estimate of drug-likeness (QED) is 0.855. The Morgan fingerprint density at radius 3 is 2.57 bits per heavy atom. The van der Waals surface area contributed by atoms with Crippen molar-refractivity contribution >= 4 is 0 Å². The van der Waals surface area contributed by atoms with E-state index in [-0.39, 0.29) is 0 Å². The molecule has 1 N–H and O–H groups in total. The molecule has 2 aliphatic rings. The maximum Gasteiger partial charge on any atom is 0.119 e. The lowest BCUT2D eigenvalue weighted by molar-refractivity contribution is 0.0202. The van der Waals surface area contributed by atoms with Crippen LogP contribution in [0.15, 0.2) is 24.3 Å². The van der Waals surface area contributed by atoms with Gasteiger partial charge in [-0.3, -0.25) is 9.80 Å². The zero-order chi connectivity index (χ0) is 14.5. The number of rotatable bonds is 5. The Bertz CT molecular complexity index is 484. The van der Waals surface area contributed by atoms with Crippen LogP contribution in [0.5, 0.6) is 5.75 Å². The average molecular weight is 286 g/mol. The number of nitrogens with one attached hydrogen (secondary N) is 1. The van der Waals surface area contributed by atoms with Gasteiger partial charge in [-0.2, -0.15) is 5.26 Å². The Labute approximate surface area is 126 Å². The van der Waals surface area contributed by atoms with Crippen LogP contribution in [-0.2, 0) is 0 Å². The van der Waals surface area contributed by atoms with Gasteiger partial charge in [-0.1, -0.05) is 0 Å². The molecular formula is C16H22N4O. The predicted molar refractivity (Wildman–Crippen MR) is 81.3 cm³/mol. The van der Waals surface area contributed by atoms with E-state index in [1.807, 2.05) is 12.1 Å². The Morgan fingerprint density at radius 1 is 1.19 bits per heavy atom. The molecule has 1 aromatic rings. The minimum Gasteiger partial charge on any atom is -0.492 e. The summed E-state index contributed by atoms with van der Waals surface area (Å²) >= 11 is 0. The van der Waals surface area contributed by atoms with E-state index >= 15 is 0 Å². The van der Waals surface area contributed by atoms with Crippen LogP contribution in [0.25, 0.3) is 0 Å². The van der Waals surface area contributed by atoms with Crippen LogP contribution < -0.4 is 10.1 Å². The van der Waals surface area contributed by atoms with Crippen LogP contribution in [0, 0.1) is 11.3 Å². The summed E-state index contributed by atoms with van der Waals surface area (Å²) in [5.74, 6) is 0.841. The van der Waals surface area contributed by atoms with Crippen LogP contribution in [0.1, 0.15) is 5.56 Å². The second kappa shape index (κ2) is 6.90. The molecule has 0 unspecified atom stereocenters. The molecule has 112 valence electrons. The summed E-state index contributed by atoms with van der Waals surface area (Å²) in [6.45, 7) is 8.62. The highest BCUT2D eigenvalue weighted by Crippen LogP contribution is 2.16. The first-order chi connectivity index (χ1) is 10.3. The van der Waals surface area contributed by atoms with Crippen molar-refractivity contribution in [2.24, 2.45) is 0 Å². The molecule has 1 aromatic carbocycles. The van der Waals surface area contributed by atoms with Crippen molar-refractivity contribution in [2.75, 3.05) is 52.4 Å². The second-order valence-corrected chi connectivity index (χ2v) is 5.68. The zero-order valence-electron chi connectivity index (χ0n) is 12.3. The first kappa shape index (κ1) is 14.3. The lowest BCUT2D eigenvalue weighted by Crippen LogP contribution is -2.63. The number of ether oxygens (including phenoxy) is 1. The largest absolute Gasteiger partial charge is 0.492 e. The van der Waals surface area contributed by atoms with E-state index in [0.29, 0.717) is 12.2 Å². The number of hydrogen-bond donors (Lipinski definition) is 1. The monoisotopic (exact) mass is 286 g/mol. The van der Waals surface area contributed by atoms with Crippen molar-refractivity contribution in [3.8, 4) is 11.8 Å². The van der Waals surface area contributed by atoms with Gasteiger partial charge in [-0.05, 0) is 24.3 Å². The van der Waals surface area contributed by atoms with E-state index in [1.54, 1.807) is 12.1 Å². The molecule has 0 amide bonds. The summed E-state index contributed by atoms with van der Waals surface area (Å²) in [7, 11) is 0. The maximum atomic E-state index is 8.74. The van der Waals surface area contributed by atoms with Gasteiger partial charge in [-0.25, -0.2) is 0 Å². The van der Waals surface area contributed by atoms with Gasteiger partial charge in [0.15, 0.2) is 0 Å². The molecule has 0 atom stereocenters. The number of nitriles is 1. The van der Waals surface area contributed by atoms with Gasteiger partial charge in [0.2, 0.25) is 0 Å². The van der Waals surface area contributed by atoms with Crippen LogP contribution in [0.3, 0.4) is 0 Å². The van der Waals surface area contributed by atoms with Crippen molar-refractivity contribution in [1.29, 1.82) is 5.26 Å². The number of likely N-dealkylation sites (tertiary alicyclic amines) is 1. The molecule has 0 aromatic heterocycles. The summed E-state index contributed by atoms with van der Waals surface area (Å²) in [5.41, 5.74) is 0.670. The summed E-state index contributed by atoms with van der Waals surface area (Å²) < 4.78 is 5.72. The average Bonchev–Trinajstić information content (AvgIpc) is 2.51. The molecule has 2 fully saturated rings. The van der Waals surface area contributed by atoms with Crippen molar-refractivity contribution in [3.05, 3.63) is 29.8 Å². The van der Waals surface area contributed by atoms with Gasteiger partial charge >= 0.3 is 0 Å². The molecule has 21 heavy (non-hydrogen) atoms. The van der Waals surface area contributed by atoms with Crippen LogP contribution in [0.4, 0.5) is 0 Å². The molecule has 3 rings (SSSR count). The Hall–Kier alpha value is -1.61. The van der Waals surface area contributed by atoms with Gasteiger partial charge < -0.3 is 10.1 Å². The van der Waals surface area contributed by atoms with Gasteiger partial charge in [-0.15, -0.1) is 0 Å². The highest BCUT2D eigenvalue weighted by Gasteiger charge is 2.31. The second-order valence-electron chi connectivity index (χ2n) is 5.68. The van der Waals surface area contributed by atoms with Crippen LogP contribution in [-0.4, -0.2) is 68.3 Å². The Kier molecular flexibility index (Phi) is 4.71. The summed E-state index contributed by atoms with van der Waals surface area (Å²) in [6.07, 6.45) is 0. The normalized spacial score (nSPS) is 20.7. The van der Waals surface area contributed by atoms with E-state index in [0.717, 1.165) is 44.5 Å². The molecular weight excluding hydrogens is 264 g/mol. The molecule has 0 spiro atoms. The van der Waals surface area contributed by atoms with E-state index in [2.05, 4.69) is 21.2 Å². The van der Waals surface area contributed by atoms with E-state index in [4.69, 9.17) is 10.00 Å². The predicted octanol–water partition coefficient (Wildman–Crippen LogP) is 0.526. The van der Waals surface area contributed by atoms with Gasteiger partial charge in [0.1, 0.15) is 12.4 Å². The Balaban J connectivity index is 1.33. The first-order valence-electron chi connectivity index (χ1n) is 7.65. The number of hydrogen-bond acceptors (Lipinski definition) is 5. The lowest BCUT2D eigenvalue weighted by atomic mass is 10.1. The fourth-order valence-electron chi connectivity index (χ4n) is 2.92. The number of benzene rings is 1. The topological polar surface area (TPSA) is 51.5 Å². The smallest absolute Gasteiger partial charge is 0.119 e. The van der Waals surface area contributed by atoms with Crippen LogP contribution >= 0.6 is 0 Å². The third-order valence-electron chi connectivity index (χ3n) is 4.27. The molecule has 2 aliphatic heterocycles. The molecule has 5 heteroatoms. The van der Waals surface area contributed by atoms with Crippen molar-refractivity contribution in [3.63, 3.8) is 0 Å². The standard InChI is InChI=1S/C16H22N4O/c17-11-14-1-3-16(4-2-14)21-10-9-19-12-15(13-19)20-7-5-18-6-8-20/h1-4,15,18H,5-10,12-13H2. The van der Waals surface area contributed by atoms with Crippen molar-refractivity contribution < 1.29 is 4.74 Å². The highest BCUT2D eigenvalue weighted by atomic mass is 16.5. The molecule has 0 radical (unpaired) electrons. The molecule has 0 saturated carbocycles. The fourth-order valence-corrected chi connectivity index (χ4v) is 2.92. The van der Waals surface area contributed by atoms with E-state index in [1.165, 1.54) is 13.1 Å². The summed E-state index contributed by atoms with van der Waals surface area (Å²) in [5, 5.41) is 12.1. The van der Waals surface area contributed by atoms with Crippen molar-refractivity contribution in [2.45, 2.75) is 6.04 Å². The maximum absolute atomic E-state index is 8.74. The minimum absolute atomic E-state index is 0.670. The molecule has 0 aliphatic carbocycles. The molecule has 5 nitrogen and oxygen atoms in total. The van der Waals surface area contributed by atoms with Crippen LogP contribution in [0.2, 0.25) is 0 Å². The molecule has 2 heterocycles. The van der Waals surface area contributed by atoms with Gasteiger partial charge in [0, 0.05) is 51.9 Å². The summed E-state index contributed by atoms with van der Waals surface area (Å²) in [6, 6.07) is 10.1. The highest BCUT2D eigenvalue weighted by molar-refractivity contribution is 5.34. The van der Waals surface area contributed by atoms with Gasteiger partial charge in [0.05, 0.1) is 11.6 Å². The number of nitrogens with zero attached hydrogens (tertiary/aromatic N) is 3. The van der Waals surface area contributed by atoms with E-state index in [9.17, 15) is 0 Å². The minimum atomic E-state index is 0.670. The zero-order valence-corrected chi connectivity index (χ0v) is 12.3. The third-order valence-corrected chi connectivity index (χ3v) is 4.27.